The van der Waals surface area contributed by atoms with Crippen LogP contribution >= 0.6 is 0 Å². The summed E-state index contributed by atoms with van der Waals surface area (Å²) in [5, 5.41) is 8.13. The van der Waals surface area contributed by atoms with Gasteiger partial charge in [-0.3, -0.25) is 9.59 Å². The summed E-state index contributed by atoms with van der Waals surface area (Å²) in [5.74, 6) is 0.127. The third-order valence-electron chi connectivity index (χ3n) is 5.18. The Morgan fingerprint density at radius 2 is 1.77 bits per heavy atom. The number of rotatable bonds is 5. The summed E-state index contributed by atoms with van der Waals surface area (Å²) in [6, 6.07) is 10.2. The quantitative estimate of drug-likeness (QED) is 0.817. The van der Waals surface area contributed by atoms with Crippen LogP contribution in [0.15, 0.2) is 36.5 Å². The summed E-state index contributed by atoms with van der Waals surface area (Å²) in [6.07, 6.45) is 5.12. The maximum absolute atomic E-state index is 12.3. The Morgan fingerprint density at radius 3 is 2.50 bits per heavy atom. The van der Waals surface area contributed by atoms with E-state index in [4.69, 9.17) is 0 Å². The molecule has 26 heavy (non-hydrogen) atoms. The van der Waals surface area contributed by atoms with Crippen LogP contribution < -0.4 is 0 Å². The van der Waals surface area contributed by atoms with Crippen molar-refractivity contribution in [3.63, 3.8) is 0 Å². The first-order valence-electron chi connectivity index (χ1n) is 9.23. The largest absolute Gasteiger partial charge is 0.338 e. The molecular weight excluding hydrogens is 330 g/mol. The molecule has 0 bridgehead atoms. The van der Waals surface area contributed by atoms with E-state index in [1.165, 1.54) is 5.56 Å². The molecule has 0 saturated carbocycles. The molecule has 0 atom stereocenters. The first-order valence-corrected chi connectivity index (χ1v) is 9.23. The molecule has 7 nitrogen and oxygen atoms in total. The maximum Gasteiger partial charge on any atom is 0.276 e. The summed E-state index contributed by atoms with van der Waals surface area (Å²) >= 11 is 0. The second-order valence-electron chi connectivity index (χ2n) is 7.02. The molecule has 0 unspecified atom stereocenters. The van der Waals surface area contributed by atoms with Crippen LogP contribution in [0.2, 0.25) is 0 Å². The van der Waals surface area contributed by atoms with E-state index >= 15 is 0 Å². The van der Waals surface area contributed by atoms with Gasteiger partial charge in [0.25, 0.3) is 5.91 Å². The first-order chi connectivity index (χ1) is 12.7. The van der Waals surface area contributed by atoms with Crippen molar-refractivity contribution >= 4 is 11.8 Å². The molecule has 2 aliphatic rings. The van der Waals surface area contributed by atoms with Gasteiger partial charge in [-0.15, -0.1) is 5.10 Å². The van der Waals surface area contributed by atoms with E-state index in [9.17, 15) is 9.59 Å². The van der Waals surface area contributed by atoms with Gasteiger partial charge in [-0.25, -0.2) is 4.68 Å². The van der Waals surface area contributed by atoms with Gasteiger partial charge < -0.3 is 9.80 Å². The van der Waals surface area contributed by atoms with Crippen LogP contribution in [0.3, 0.4) is 0 Å². The third kappa shape index (κ3) is 3.47. The van der Waals surface area contributed by atoms with Crippen molar-refractivity contribution in [2.75, 3.05) is 26.2 Å². The number of hydrogen-bond donors (Lipinski definition) is 0. The normalized spacial score (nSPS) is 17.4. The molecule has 1 aromatic heterocycles. The van der Waals surface area contributed by atoms with Crippen molar-refractivity contribution in [1.82, 2.24) is 24.8 Å². The molecule has 136 valence electrons. The van der Waals surface area contributed by atoms with E-state index < -0.39 is 0 Å². The SMILES string of the molecule is O=C(CCc1ccccc1)N1CC(n2cc(C(=O)N3CCCC3)nn2)C1. The van der Waals surface area contributed by atoms with Crippen molar-refractivity contribution in [3.8, 4) is 0 Å². The van der Waals surface area contributed by atoms with Gasteiger partial charge >= 0.3 is 0 Å². The lowest BCUT2D eigenvalue weighted by Gasteiger charge is -2.39. The molecule has 0 aliphatic carbocycles. The summed E-state index contributed by atoms with van der Waals surface area (Å²) in [5.41, 5.74) is 1.58. The van der Waals surface area contributed by atoms with E-state index in [0.717, 1.165) is 32.4 Å². The number of carbonyl (C=O) groups excluding carboxylic acids is 2. The van der Waals surface area contributed by atoms with E-state index in [-0.39, 0.29) is 17.9 Å². The van der Waals surface area contributed by atoms with E-state index in [0.29, 0.717) is 25.2 Å². The van der Waals surface area contributed by atoms with Crippen LogP contribution in [0.1, 0.15) is 41.4 Å². The second kappa shape index (κ2) is 7.27. The zero-order valence-corrected chi connectivity index (χ0v) is 14.8. The number of likely N-dealkylation sites (tertiary alicyclic amines) is 2. The number of carbonyl (C=O) groups is 2. The molecule has 2 saturated heterocycles. The smallest absolute Gasteiger partial charge is 0.276 e. The van der Waals surface area contributed by atoms with Gasteiger partial charge in [-0.05, 0) is 24.8 Å². The molecule has 3 heterocycles. The Kier molecular flexibility index (Phi) is 4.69. The first kappa shape index (κ1) is 16.8. The minimum atomic E-state index is -0.0381. The minimum absolute atomic E-state index is 0.0381. The number of aromatic nitrogens is 3. The number of benzene rings is 1. The van der Waals surface area contributed by atoms with Crippen molar-refractivity contribution in [3.05, 3.63) is 47.8 Å². The molecule has 2 fully saturated rings. The fourth-order valence-corrected chi connectivity index (χ4v) is 3.52. The molecule has 2 amide bonds. The molecule has 2 aromatic rings. The lowest BCUT2D eigenvalue weighted by Crippen LogP contribution is -2.51. The Bertz CT molecular complexity index is 776. The second-order valence-corrected chi connectivity index (χ2v) is 7.02. The highest BCUT2D eigenvalue weighted by atomic mass is 16.2. The van der Waals surface area contributed by atoms with Gasteiger partial charge in [-0.1, -0.05) is 35.5 Å². The number of nitrogens with zero attached hydrogens (tertiary/aromatic N) is 5. The fraction of sp³-hybridized carbons (Fsp3) is 0.474. The van der Waals surface area contributed by atoms with Crippen LogP contribution in [0, 0.1) is 0 Å². The van der Waals surface area contributed by atoms with E-state index in [2.05, 4.69) is 10.3 Å². The van der Waals surface area contributed by atoms with Gasteiger partial charge in [0.15, 0.2) is 5.69 Å². The standard InChI is InChI=1S/C19H23N5O2/c25-18(9-8-15-6-2-1-3-7-15)23-12-16(13-23)24-14-17(20-21-24)19(26)22-10-4-5-11-22/h1-3,6-7,14,16H,4-5,8-13H2. The van der Waals surface area contributed by atoms with Crippen molar-refractivity contribution in [1.29, 1.82) is 0 Å². The monoisotopic (exact) mass is 353 g/mol. The molecule has 0 radical (unpaired) electrons. The third-order valence-corrected chi connectivity index (χ3v) is 5.18. The molecular formula is C19H23N5O2. The number of amides is 2. The van der Waals surface area contributed by atoms with Crippen molar-refractivity contribution in [2.24, 2.45) is 0 Å². The van der Waals surface area contributed by atoms with E-state index in [1.54, 1.807) is 10.9 Å². The predicted octanol–water partition coefficient (Wildman–Crippen LogP) is 1.53. The molecule has 1 aromatic carbocycles. The highest BCUT2D eigenvalue weighted by Gasteiger charge is 2.33. The van der Waals surface area contributed by atoms with Crippen molar-refractivity contribution < 1.29 is 9.59 Å². The topological polar surface area (TPSA) is 71.3 Å². The Labute approximate surface area is 152 Å². The Hall–Kier alpha value is -2.70. The summed E-state index contributed by atoms with van der Waals surface area (Å²) < 4.78 is 1.73. The van der Waals surface area contributed by atoms with Crippen molar-refractivity contribution in [2.45, 2.75) is 31.7 Å². The van der Waals surface area contributed by atoms with Crippen LogP contribution in [0.5, 0.6) is 0 Å². The maximum atomic E-state index is 12.3. The average molecular weight is 353 g/mol. The van der Waals surface area contributed by atoms with Crippen LogP contribution in [0.4, 0.5) is 0 Å². The van der Waals surface area contributed by atoms with Crippen LogP contribution in [0.25, 0.3) is 0 Å². The number of hydrogen-bond acceptors (Lipinski definition) is 4. The molecule has 4 rings (SSSR count). The highest BCUT2D eigenvalue weighted by Crippen LogP contribution is 2.22. The average Bonchev–Trinajstić information content (AvgIpc) is 3.31. The Morgan fingerprint density at radius 1 is 1.04 bits per heavy atom. The highest BCUT2D eigenvalue weighted by molar-refractivity contribution is 5.92. The molecule has 2 aliphatic heterocycles. The zero-order valence-electron chi connectivity index (χ0n) is 14.8. The fourth-order valence-electron chi connectivity index (χ4n) is 3.52. The summed E-state index contributed by atoms with van der Waals surface area (Å²) in [6.45, 7) is 2.88. The van der Waals surface area contributed by atoms with Gasteiger partial charge in [0.2, 0.25) is 5.91 Å². The molecule has 0 N–H and O–H groups in total. The van der Waals surface area contributed by atoms with Crippen LogP contribution in [-0.4, -0.2) is 62.8 Å². The summed E-state index contributed by atoms with van der Waals surface area (Å²) in [7, 11) is 0. The number of aryl methyl sites for hydroxylation is 1. The van der Waals surface area contributed by atoms with Gasteiger partial charge in [0.1, 0.15) is 0 Å². The van der Waals surface area contributed by atoms with Gasteiger partial charge in [0, 0.05) is 32.6 Å². The molecule has 7 heteroatoms. The van der Waals surface area contributed by atoms with Crippen LogP contribution in [-0.2, 0) is 11.2 Å². The predicted molar refractivity (Wildman–Crippen MR) is 95.5 cm³/mol. The minimum Gasteiger partial charge on any atom is -0.338 e. The lowest BCUT2D eigenvalue weighted by atomic mass is 10.1. The lowest BCUT2D eigenvalue weighted by molar-refractivity contribution is -0.137. The van der Waals surface area contributed by atoms with Gasteiger partial charge in [0.05, 0.1) is 12.2 Å². The Balaban J connectivity index is 1.26. The van der Waals surface area contributed by atoms with Gasteiger partial charge in [-0.2, -0.15) is 0 Å². The zero-order chi connectivity index (χ0) is 17.9. The molecule has 0 spiro atoms. The van der Waals surface area contributed by atoms with E-state index in [1.807, 2.05) is 40.1 Å². The summed E-state index contributed by atoms with van der Waals surface area (Å²) in [4.78, 5) is 28.3.